The molecular weight excluding hydrogens is 851 g/mol. The number of hydrogen-bond acceptors (Lipinski definition) is 8. The topological polar surface area (TPSA) is 111 Å². The summed E-state index contributed by atoms with van der Waals surface area (Å²) in [6.07, 6.45) is 55.8. The number of allylic oxidation sites excluding steroid dienone is 2. The van der Waals surface area contributed by atoms with Crippen molar-refractivity contribution < 1.29 is 42.9 Å². The van der Waals surface area contributed by atoms with Crippen LogP contribution in [0.2, 0.25) is 0 Å². The van der Waals surface area contributed by atoms with E-state index in [1.165, 1.54) is 205 Å². The largest absolute Gasteiger partial charge is 0.545 e. The third-order valence-electron chi connectivity index (χ3n) is 13.3. The van der Waals surface area contributed by atoms with Gasteiger partial charge in [0, 0.05) is 12.8 Å². The van der Waals surface area contributed by atoms with Crippen LogP contribution in [0.3, 0.4) is 0 Å². The first-order valence-electron chi connectivity index (χ1n) is 29.3. The van der Waals surface area contributed by atoms with Crippen LogP contribution in [0.5, 0.6) is 0 Å². The zero-order valence-corrected chi connectivity index (χ0v) is 45.8. The molecule has 0 saturated carbocycles. The van der Waals surface area contributed by atoms with Crippen molar-refractivity contribution in [2.24, 2.45) is 0 Å². The van der Waals surface area contributed by atoms with E-state index in [4.69, 9.17) is 18.9 Å². The number of ether oxygens (including phenoxy) is 4. The molecule has 0 fully saturated rings. The molecule has 0 heterocycles. The van der Waals surface area contributed by atoms with E-state index < -0.39 is 24.3 Å². The first kappa shape index (κ1) is 66.0. The number of unbranched alkanes of at least 4 members (excludes halogenated alkanes) is 38. The fraction of sp³-hybridized carbons (Fsp3) is 0.915. The maximum absolute atomic E-state index is 12.8. The van der Waals surface area contributed by atoms with Gasteiger partial charge in [0.25, 0.3) is 0 Å². The zero-order chi connectivity index (χ0) is 49.9. The van der Waals surface area contributed by atoms with Gasteiger partial charge in [0.1, 0.15) is 13.2 Å². The second-order valence-electron chi connectivity index (χ2n) is 21.3. The fourth-order valence-electron chi connectivity index (χ4n) is 8.71. The number of carboxylic acid groups (broad SMARTS) is 1. The van der Waals surface area contributed by atoms with E-state index in [1.807, 2.05) is 21.1 Å². The first-order valence-corrected chi connectivity index (χ1v) is 29.3. The van der Waals surface area contributed by atoms with Gasteiger partial charge in [0.15, 0.2) is 12.4 Å². The van der Waals surface area contributed by atoms with E-state index in [0.717, 1.165) is 51.4 Å². The van der Waals surface area contributed by atoms with Gasteiger partial charge in [-0.05, 0) is 38.5 Å². The van der Waals surface area contributed by atoms with Crippen molar-refractivity contribution in [3.05, 3.63) is 12.2 Å². The summed E-state index contributed by atoms with van der Waals surface area (Å²) in [6, 6.07) is 0. The highest BCUT2D eigenvalue weighted by Crippen LogP contribution is 2.18. The summed E-state index contributed by atoms with van der Waals surface area (Å²) in [5, 5.41) is 11.7. The zero-order valence-electron chi connectivity index (χ0n) is 45.8. The number of nitrogens with zero attached hydrogens (tertiary/aromatic N) is 1. The van der Waals surface area contributed by atoms with Crippen molar-refractivity contribution in [2.45, 2.75) is 302 Å². The summed E-state index contributed by atoms with van der Waals surface area (Å²) in [4.78, 5) is 37.1. The molecule has 9 heteroatoms. The van der Waals surface area contributed by atoms with Crippen molar-refractivity contribution in [1.29, 1.82) is 0 Å². The molecule has 0 amide bonds. The molecule has 2 atom stereocenters. The Morgan fingerprint density at radius 3 is 1.12 bits per heavy atom. The van der Waals surface area contributed by atoms with Crippen LogP contribution in [-0.4, -0.2) is 82.3 Å². The Morgan fingerprint density at radius 2 is 0.750 bits per heavy atom. The van der Waals surface area contributed by atoms with Gasteiger partial charge in [0.2, 0.25) is 0 Å². The smallest absolute Gasteiger partial charge is 0.306 e. The third-order valence-corrected chi connectivity index (χ3v) is 13.3. The number of likely N-dealkylation sites (N-methyl/N-ethyl adjacent to an activating group) is 1. The van der Waals surface area contributed by atoms with Crippen molar-refractivity contribution in [2.75, 3.05) is 47.5 Å². The molecule has 0 rings (SSSR count). The highest BCUT2D eigenvalue weighted by atomic mass is 16.7. The lowest BCUT2D eigenvalue weighted by atomic mass is 10.0. The van der Waals surface area contributed by atoms with Crippen molar-refractivity contribution in [3.8, 4) is 0 Å². The number of quaternary nitrogens is 1. The lowest BCUT2D eigenvalue weighted by Gasteiger charge is -2.26. The molecule has 0 aliphatic rings. The number of esters is 2. The Bertz CT molecular complexity index is 1120. The highest BCUT2D eigenvalue weighted by molar-refractivity contribution is 5.70. The second kappa shape index (κ2) is 51.4. The summed E-state index contributed by atoms with van der Waals surface area (Å²) < 4.78 is 22.6. The third kappa shape index (κ3) is 51.9. The molecule has 0 saturated heterocycles. The Morgan fingerprint density at radius 1 is 0.426 bits per heavy atom. The average molecular weight is 965 g/mol. The molecule has 0 spiro atoms. The van der Waals surface area contributed by atoms with E-state index in [0.29, 0.717) is 23.9 Å². The maximum atomic E-state index is 12.8. The molecule has 402 valence electrons. The molecule has 0 aliphatic heterocycles. The van der Waals surface area contributed by atoms with Crippen LogP contribution in [0.4, 0.5) is 0 Å². The van der Waals surface area contributed by atoms with Crippen molar-refractivity contribution in [1.82, 2.24) is 0 Å². The van der Waals surface area contributed by atoms with Crippen LogP contribution in [0.25, 0.3) is 0 Å². The Hall–Kier alpha value is -1.97. The van der Waals surface area contributed by atoms with Crippen LogP contribution in [0.1, 0.15) is 290 Å². The molecule has 0 N–H and O–H groups in total. The molecule has 0 radical (unpaired) electrons. The molecule has 0 aromatic carbocycles. The summed E-state index contributed by atoms with van der Waals surface area (Å²) in [7, 11) is 5.92. The molecule has 9 nitrogen and oxygen atoms in total. The minimum atomic E-state index is -1.62. The van der Waals surface area contributed by atoms with Gasteiger partial charge in [-0.2, -0.15) is 0 Å². The molecule has 0 bridgehead atoms. The summed E-state index contributed by atoms with van der Waals surface area (Å²) in [5.41, 5.74) is 0. The quantitative estimate of drug-likeness (QED) is 0.0195. The highest BCUT2D eigenvalue weighted by Gasteiger charge is 2.22. The van der Waals surface area contributed by atoms with E-state index in [2.05, 4.69) is 26.0 Å². The molecule has 68 heavy (non-hydrogen) atoms. The standard InChI is InChI=1S/C59H113NO8/c1-6-8-10-12-14-16-18-20-21-22-23-24-25-26-27-28-29-30-31-32-33-34-35-36-37-38-40-41-43-45-47-49-56(61)66-53-55(54-67-59(58(63)64)65-52-51-60(3,4)5)68-57(62)50-48-46-44-42-39-19-17-15-13-11-9-7-2/h15,17,55,59H,6-14,16,18-54H2,1-5H3/b17-15-. The minimum absolute atomic E-state index is 0.149. The predicted octanol–water partition coefficient (Wildman–Crippen LogP) is 15.6. The van der Waals surface area contributed by atoms with E-state index >= 15 is 0 Å². The number of carboxylic acids is 1. The Kier molecular flexibility index (Phi) is 49.9. The summed E-state index contributed by atoms with van der Waals surface area (Å²) >= 11 is 0. The Labute approximate surface area is 421 Å². The normalized spacial score (nSPS) is 12.8. The number of hydrogen-bond donors (Lipinski definition) is 0. The molecule has 0 aromatic heterocycles. The number of aliphatic carboxylic acids is 1. The fourth-order valence-corrected chi connectivity index (χ4v) is 8.71. The van der Waals surface area contributed by atoms with Gasteiger partial charge < -0.3 is 33.3 Å². The number of carbonyl (C=O) groups excluding carboxylic acids is 3. The van der Waals surface area contributed by atoms with E-state index in [9.17, 15) is 19.5 Å². The Balaban J connectivity index is 4.00. The molecule has 0 aromatic rings. The molecular formula is C59H113NO8. The first-order chi connectivity index (χ1) is 33.1. The lowest BCUT2D eigenvalue weighted by Crippen LogP contribution is -2.44. The molecule has 2 unspecified atom stereocenters. The monoisotopic (exact) mass is 964 g/mol. The van der Waals surface area contributed by atoms with Crippen LogP contribution in [0, 0.1) is 0 Å². The predicted molar refractivity (Wildman–Crippen MR) is 283 cm³/mol. The van der Waals surface area contributed by atoms with Gasteiger partial charge in [-0.1, -0.05) is 251 Å². The van der Waals surface area contributed by atoms with Gasteiger partial charge in [-0.15, -0.1) is 0 Å². The minimum Gasteiger partial charge on any atom is -0.545 e. The number of rotatable bonds is 55. The lowest BCUT2D eigenvalue weighted by molar-refractivity contribution is -0.870. The number of carbonyl (C=O) groups is 3. The van der Waals surface area contributed by atoms with Crippen molar-refractivity contribution in [3.63, 3.8) is 0 Å². The van der Waals surface area contributed by atoms with Gasteiger partial charge in [-0.25, -0.2) is 0 Å². The van der Waals surface area contributed by atoms with Gasteiger partial charge >= 0.3 is 11.9 Å². The maximum Gasteiger partial charge on any atom is 0.306 e. The van der Waals surface area contributed by atoms with Crippen LogP contribution < -0.4 is 5.11 Å². The summed E-state index contributed by atoms with van der Waals surface area (Å²) in [6.45, 7) is 4.75. The van der Waals surface area contributed by atoms with Gasteiger partial charge in [-0.3, -0.25) is 9.59 Å². The van der Waals surface area contributed by atoms with Crippen LogP contribution >= 0.6 is 0 Å². The van der Waals surface area contributed by atoms with E-state index in [1.54, 1.807) is 0 Å². The van der Waals surface area contributed by atoms with Crippen LogP contribution in [0.15, 0.2) is 12.2 Å². The van der Waals surface area contributed by atoms with E-state index in [-0.39, 0.29) is 32.2 Å². The van der Waals surface area contributed by atoms with Gasteiger partial charge in [0.05, 0.1) is 40.3 Å². The SMILES string of the molecule is CCCCC/C=C\CCCCCCCC(=O)OC(COC(=O)CCCCCCCCCCCCCCCCCCCCCCCCCCCCCCCCC)COC(OCC[N+](C)(C)C)C(=O)[O-]. The summed E-state index contributed by atoms with van der Waals surface area (Å²) in [5.74, 6) is -2.28. The average Bonchev–Trinajstić information content (AvgIpc) is 3.30. The van der Waals surface area contributed by atoms with Crippen molar-refractivity contribution >= 4 is 17.9 Å². The van der Waals surface area contributed by atoms with Crippen LogP contribution in [-0.2, 0) is 33.3 Å². The second-order valence-corrected chi connectivity index (χ2v) is 21.3. The molecule has 0 aliphatic carbocycles.